The fourth-order valence-electron chi connectivity index (χ4n) is 0.684. The van der Waals surface area contributed by atoms with Crippen molar-refractivity contribution >= 4 is 5.91 Å². The van der Waals surface area contributed by atoms with E-state index in [1.807, 2.05) is 0 Å². The van der Waals surface area contributed by atoms with E-state index < -0.39 is 18.2 Å². The van der Waals surface area contributed by atoms with Crippen LogP contribution in [0.3, 0.4) is 0 Å². The summed E-state index contributed by atoms with van der Waals surface area (Å²) in [7, 11) is 0. The Morgan fingerprint density at radius 3 is 2.75 bits per heavy atom. The van der Waals surface area contributed by atoms with Gasteiger partial charge in [0.2, 0.25) is 0 Å². The highest BCUT2D eigenvalue weighted by Crippen LogP contribution is 2.21. The Kier molecular flexibility index (Phi) is 3.78. The van der Waals surface area contributed by atoms with E-state index in [-0.39, 0.29) is 5.69 Å². The summed E-state index contributed by atoms with van der Waals surface area (Å²) >= 11 is 0. The van der Waals surface area contributed by atoms with Crippen LogP contribution in [0.15, 0.2) is 18.3 Å². The van der Waals surface area contributed by atoms with Crippen molar-refractivity contribution in [3.8, 4) is 0 Å². The van der Waals surface area contributed by atoms with Crippen molar-refractivity contribution in [1.29, 1.82) is 0 Å². The first-order valence-electron chi connectivity index (χ1n) is 4.21. The fourth-order valence-corrected chi connectivity index (χ4v) is 0.684. The lowest BCUT2D eigenvalue weighted by Gasteiger charge is -2.15. The summed E-state index contributed by atoms with van der Waals surface area (Å²) in [6.45, 7) is 0.775. The zero-order valence-corrected chi connectivity index (χ0v) is 8.15. The Labute approximate surface area is 88.6 Å². The van der Waals surface area contributed by atoms with Crippen molar-refractivity contribution in [1.82, 2.24) is 15.7 Å². The molecule has 0 saturated heterocycles. The van der Waals surface area contributed by atoms with Crippen molar-refractivity contribution in [2.24, 2.45) is 0 Å². The van der Waals surface area contributed by atoms with E-state index in [0.29, 0.717) is 0 Å². The highest BCUT2D eigenvalue weighted by molar-refractivity contribution is 5.91. The Hall–Kier alpha value is -1.70. The van der Waals surface area contributed by atoms with Gasteiger partial charge in [-0.3, -0.25) is 9.63 Å². The third kappa shape index (κ3) is 3.46. The van der Waals surface area contributed by atoms with Crippen molar-refractivity contribution < 1.29 is 22.8 Å². The van der Waals surface area contributed by atoms with Gasteiger partial charge in [-0.05, 0) is 19.1 Å². The molecule has 1 atom stereocenters. The van der Waals surface area contributed by atoms with Gasteiger partial charge in [-0.2, -0.15) is 18.3 Å². The van der Waals surface area contributed by atoms with Gasteiger partial charge < -0.3 is 0 Å². The minimum atomic E-state index is -4.53. The van der Waals surface area contributed by atoms with Crippen LogP contribution in [0.5, 0.6) is 0 Å². The topological polar surface area (TPSA) is 64.1 Å². The Morgan fingerprint density at radius 2 is 2.25 bits per heavy atom. The fraction of sp³-hybridized carbons (Fsp3) is 0.375. The second kappa shape index (κ2) is 4.88. The summed E-state index contributed by atoms with van der Waals surface area (Å²) in [6.07, 6.45) is -5.29. The predicted molar refractivity (Wildman–Crippen MR) is 46.1 cm³/mol. The molecule has 0 radical (unpaired) electrons. The van der Waals surface area contributed by atoms with Gasteiger partial charge in [-0.15, -0.1) is 5.10 Å². The second-order valence-corrected chi connectivity index (χ2v) is 2.84. The third-order valence-electron chi connectivity index (χ3n) is 1.59. The standard InChI is InChI=1S/C8H8F3N3O2/c1-5(8(9,10)11)16-14-7(15)6-3-2-4-12-13-6/h2-5H,1H3,(H,14,15). The zero-order chi connectivity index (χ0) is 12.2. The molecule has 0 spiro atoms. The first kappa shape index (κ1) is 12.4. The van der Waals surface area contributed by atoms with Crippen molar-refractivity contribution in [3.05, 3.63) is 24.0 Å². The molecule has 0 aliphatic rings. The number of rotatable bonds is 3. The molecule has 88 valence electrons. The lowest BCUT2D eigenvalue weighted by atomic mass is 10.4. The van der Waals surface area contributed by atoms with E-state index in [1.54, 1.807) is 5.48 Å². The maximum absolute atomic E-state index is 12.0. The Bertz CT molecular complexity index is 355. The van der Waals surface area contributed by atoms with Gasteiger partial charge in [-0.1, -0.05) is 0 Å². The first-order chi connectivity index (χ1) is 7.41. The van der Waals surface area contributed by atoms with E-state index in [9.17, 15) is 18.0 Å². The van der Waals surface area contributed by atoms with Crippen LogP contribution in [0.1, 0.15) is 17.4 Å². The number of halogens is 3. The molecule has 0 bridgehead atoms. The Morgan fingerprint density at radius 1 is 1.56 bits per heavy atom. The summed E-state index contributed by atoms with van der Waals surface area (Å²) in [5, 5.41) is 6.79. The molecule has 0 aliphatic heterocycles. The minimum Gasteiger partial charge on any atom is -0.265 e. The molecule has 5 nitrogen and oxygen atoms in total. The molecule has 0 aromatic carbocycles. The number of hydrogen-bond acceptors (Lipinski definition) is 4. The average Bonchev–Trinajstić information content (AvgIpc) is 2.25. The molecule has 0 aliphatic carbocycles. The van der Waals surface area contributed by atoms with Crippen LogP contribution in [0.4, 0.5) is 13.2 Å². The van der Waals surface area contributed by atoms with Gasteiger partial charge in [0.15, 0.2) is 11.8 Å². The smallest absolute Gasteiger partial charge is 0.265 e. The van der Waals surface area contributed by atoms with Gasteiger partial charge in [0.25, 0.3) is 5.91 Å². The van der Waals surface area contributed by atoms with Crippen molar-refractivity contribution in [2.75, 3.05) is 0 Å². The van der Waals surface area contributed by atoms with E-state index in [2.05, 4.69) is 15.0 Å². The van der Waals surface area contributed by atoms with Crippen LogP contribution >= 0.6 is 0 Å². The van der Waals surface area contributed by atoms with Crippen molar-refractivity contribution in [2.45, 2.75) is 19.2 Å². The van der Waals surface area contributed by atoms with Gasteiger partial charge in [-0.25, -0.2) is 5.48 Å². The normalized spacial score (nSPS) is 13.2. The van der Waals surface area contributed by atoms with E-state index in [4.69, 9.17) is 0 Å². The number of nitrogens with zero attached hydrogens (tertiary/aromatic N) is 2. The molecule has 0 saturated carbocycles. The SMILES string of the molecule is CC(ONC(=O)c1cccnn1)C(F)(F)F. The van der Waals surface area contributed by atoms with Crippen LogP contribution in [0, 0.1) is 0 Å². The molecule has 16 heavy (non-hydrogen) atoms. The third-order valence-corrected chi connectivity index (χ3v) is 1.59. The number of nitrogens with one attached hydrogen (secondary N) is 1. The quantitative estimate of drug-likeness (QED) is 0.796. The molecule has 1 aromatic rings. The summed E-state index contributed by atoms with van der Waals surface area (Å²) in [5.41, 5.74) is 1.52. The lowest BCUT2D eigenvalue weighted by molar-refractivity contribution is -0.226. The van der Waals surface area contributed by atoms with Gasteiger partial charge in [0, 0.05) is 6.20 Å². The van der Waals surface area contributed by atoms with Gasteiger partial charge in [0.05, 0.1) is 0 Å². The number of hydroxylamine groups is 1. The van der Waals surface area contributed by atoms with E-state index in [0.717, 1.165) is 6.92 Å². The maximum atomic E-state index is 12.0. The molecule has 0 fully saturated rings. The monoisotopic (exact) mass is 235 g/mol. The van der Waals surface area contributed by atoms with Gasteiger partial charge in [0.1, 0.15) is 0 Å². The lowest BCUT2D eigenvalue weighted by Crippen LogP contribution is -2.36. The summed E-state index contributed by atoms with van der Waals surface area (Å²) in [5.74, 6) is -0.885. The molecule has 1 heterocycles. The van der Waals surface area contributed by atoms with Crippen LogP contribution < -0.4 is 5.48 Å². The second-order valence-electron chi connectivity index (χ2n) is 2.84. The predicted octanol–water partition coefficient (Wildman–Crippen LogP) is 1.09. The number of carbonyl (C=O) groups excluding carboxylic acids is 1. The molecule has 1 N–H and O–H groups in total. The number of amides is 1. The number of aromatic nitrogens is 2. The molecule has 1 unspecified atom stereocenters. The molecule has 8 heteroatoms. The van der Waals surface area contributed by atoms with Crippen LogP contribution in [0.2, 0.25) is 0 Å². The number of hydrogen-bond donors (Lipinski definition) is 1. The molecular formula is C8H8F3N3O2. The molecule has 1 amide bonds. The van der Waals surface area contributed by atoms with Gasteiger partial charge >= 0.3 is 6.18 Å². The summed E-state index contributed by atoms with van der Waals surface area (Å²) in [6, 6.07) is 2.72. The van der Waals surface area contributed by atoms with Crippen LogP contribution in [-0.2, 0) is 4.84 Å². The first-order valence-corrected chi connectivity index (χ1v) is 4.21. The average molecular weight is 235 g/mol. The molecule has 1 aromatic heterocycles. The highest BCUT2D eigenvalue weighted by atomic mass is 19.4. The largest absolute Gasteiger partial charge is 0.416 e. The molecular weight excluding hydrogens is 227 g/mol. The summed E-state index contributed by atoms with van der Waals surface area (Å²) in [4.78, 5) is 15.3. The molecule has 1 rings (SSSR count). The minimum absolute atomic E-state index is 0.128. The highest BCUT2D eigenvalue weighted by Gasteiger charge is 2.38. The van der Waals surface area contributed by atoms with Crippen molar-refractivity contribution in [3.63, 3.8) is 0 Å². The Balaban J connectivity index is 2.48. The number of carbonyl (C=O) groups is 1. The van der Waals surface area contributed by atoms with E-state index in [1.165, 1.54) is 18.3 Å². The van der Waals surface area contributed by atoms with E-state index >= 15 is 0 Å². The van der Waals surface area contributed by atoms with Crippen LogP contribution in [0.25, 0.3) is 0 Å². The zero-order valence-electron chi connectivity index (χ0n) is 8.15. The number of alkyl halides is 3. The van der Waals surface area contributed by atoms with Crippen LogP contribution in [-0.4, -0.2) is 28.4 Å². The maximum Gasteiger partial charge on any atom is 0.416 e. The summed E-state index contributed by atoms with van der Waals surface area (Å²) < 4.78 is 36.0.